The Morgan fingerprint density at radius 1 is 0.333 bits per heavy atom. The first-order valence-electron chi connectivity index (χ1n) is 25.3. The highest BCUT2D eigenvalue weighted by atomic mass is 16.6. The largest absolute Gasteiger partial charge is 0.461 e. The van der Waals surface area contributed by atoms with Crippen molar-refractivity contribution in [2.45, 2.75) is 189 Å². The van der Waals surface area contributed by atoms with E-state index in [1.165, 1.54) is 51.4 Å². The van der Waals surface area contributed by atoms with Gasteiger partial charge in [0.2, 0.25) is 0 Å². The highest BCUT2D eigenvalue weighted by Gasteiger charge is 2.20. The minimum Gasteiger partial charge on any atom is -0.461 e. The maximum Gasteiger partial charge on any atom is 0.310 e. The zero-order valence-electron chi connectivity index (χ0n) is 43.1. The molecule has 0 aliphatic heterocycles. The van der Waals surface area contributed by atoms with Crippen molar-refractivity contribution < 1.29 is 57.2 Å². The SMILES string of the molecule is CC/C=C\C/C=C\C/C=C\CC(=O)OCC(COC(=O)C/C=C\CCCCCCCC)OC(=O)C/C=C\C/C=C\CCCCC.CC=CCC(=O)OCC(COC(=O)CC=CC)OC(=O)CC=CC. The van der Waals surface area contributed by atoms with Gasteiger partial charge in [0.1, 0.15) is 26.4 Å². The fourth-order valence-electron chi connectivity index (χ4n) is 5.63. The maximum absolute atomic E-state index is 12.5. The molecule has 0 saturated carbocycles. The summed E-state index contributed by atoms with van der Waals surface area (Å²) in [6.07, 6.45) is 49.5. The summed E-state index contributed by atoms with van der Waals surface area (Å²) in [5, 5.41) is 0. The lowest BCUT2D eigenvalue weighted by atomic mass is 10.1. The number of allylic oxidation sites excluding steroid dienone is 12. The van der Waals surface area contributed by atoms with E-state index in [1.807, 2.05) is 30.4 Å². The Morgan fingerprint density at radius 2 is 0.623 bits per heavy atom. The second kappa shape index (κ2) is 51.9. The second-order valence-electron chi connectivity index (χ2n) is 15.9. The van der Waals surface area contributed by atoms with Gasteiger partial charge in [0, 0.05) is 0 Å². The molecule has 1 atom stereocenters. The average molecular weight is 965 g/mol. The first kappa shape index (κ1) is 65.6. The predicted molar refractivity (Wildman–Crippen MR) is 277 cm³/mol. The number of rotatable bonds is 40. The van der Waals surface area contributed by atoms with Crippen LogP contribution in [-0.4, -0.2) is 74.5 Å². The fraction of sp³-hybridized carbons (Fsp3) is 0.579. The van der Waals surface area contributed by atoms with Crippen molar-refractivity contribution in [3.63, 3.8) is 0 Å². The number of hydrogen-bond donors (Lipinski definition) is 0. The molecule has 12 nitrogen and oxygen atoms in total. The van der Waals surface area contributed by atoms with Gasteiger partial charge >= 0.3 is 35.8 Å². The van der Waals surface area contributed by atoms with E-state index < -0.39 is 48.0 Å². The summed E-state index contributed by atoms with van der Waals surface area (Å²) >= 11 is 0. The smallest absolute Gasteiger partial charge is 0.310 e. The Kier molecular flexibility index (Phi) is 49.3. The van der Waals surface area contributed by atoms with Gasteiger partial charge in [0.05, 0.1) is 38.5 Å². The molecule has 0 spiro atoms. The van der Waals surface area contributed by atoms with E-state index >= 15 is 0 Å². The maximum atomic E-state index is 12.5. The molecule has 0 aliphatic carbocycles. The van der Waals surface area contributed by atoms with E-state index in [0.29, 0.717) is 0 Å². The van der Waals surface area contributed by atoms with Crippen LogP contribution < -0.4 is 0 Å². The van der Waals surface area contributed by atoms with E-state index in [9.17, 15) is 28.8 Å². The quantitative estimate of drug-likeness (QED) is 0.0248. The van der Waals surface area contributed by atoms with Crippen molar-refractivity contribution in [2.75, 3.05) is 26.4 Å². The second-order valence-corrected chi connectivity index (χ2v) is 15.9. The molecule has 69 heavy (non-hydrogen) atoms. The van der Waals surface area contributed by atoms with Crippen LogP contribution in [0.2, 0.25) is 0 Å². The molecular weight excluding hydrogens is 877 g/mol. The van der Waals surface area contributed by atoms with Gasteiger partial charge in [0.25, 0.3) is 0 Å². The number of unbranched alkanes of at least 4 members (excludes halogenated alkanes) is 9. The Hall–Kier alpha value is -5.52. The van der Waals surface area contributed by atoms with Crippen molar-refractivity contribution in [1.82, 2.24) is 0 Å². The third kappa shape index (κ3) is 50.2. The highest BCUT2D eigenvalue weighted by Crippen LogP contribution is 2.09. The third-order valence-electron chi connectivity index (χ3n) is 9.48. The summed E-state index contributed by atoms with van der Waals surface area (Å²) in [6.45, 7) is 11.2. The van der Waals surface area contributed by atoms with E-state index in [0.717, 1.165) is 44.9 Å². The molecule has 12 heteroatoms. The molecule has 388 valence electrons. The van der Waals surface area contributed by atoms with Gasteiger partial charge in [-0.2, -0.15) is 0 Å². The van der Waals surface area contributed by atoms with Crippen LogP contribution in [0.15, 0.2) is 109 Å². The highest BCUT2D eigenvalue weighted by molar-refractivity contribution is 5.74. The number of carbonyl (C=O) groups is 6. The molecule has 0 aromatic heterocycles. The first-order valence-corrected chi connectivity index (χ1v) is 25.3. The van der Waals surface area contributed by atoms with Crippen LogP contribution >= 0.6 is 0 Å². The molecule has 0 aliphatic rings. The van der Waals surface area contributed by atoms with Crippen molar-refractivity contribution in [2.24, 2.45) is 0 Å². The molecule has 0 N–H and O–H groups in total. The number of ether oxygens (including phenoxy) is 6. The molecule has 0 heterocycles. The normalized spacial score (nSPS) is 12.8. The Morgan fingerprint density at radius 3 is 1.04 bits per heavy atom. The Balaban J connectivity index is 0. The van der Waals surface area contributed by atoms with E-state index in [4.69, 9.17) is 28.4 Å². The van der Waals surface area contributed by atoms with Crippen LogP contribution in [0.5, 0.6) is 0 Å². The lowest BCUT2D eigenvalue weighted by Crippen LogP contribution is -2.30. The molecule has 0 bridgehead atoms. The zero-order valence-corrected chi connectivity index (χ0v) is 43.1. The van der Waals surface area contributed by atoms with Gasteiger partial charge in [-0.3, -0.25) is 28.8 Å². The summed E-state index contributed by atoms with van der Waals surface area (Å²) in [5.41, 5.74) is 0. The van der Waals surface area contributed by atoms with Crippen molar-refractivity contribution >= 4 is 35.8 Å². The van der Waals surface area contributed by atoms with Gasteiger partial charge in [-0.1, -0.05) is 175 Å². The van der Waals surface area contributed by atoms with Gasteiger partial charge < -0.3 is 28.4 Å². The fourth-order valence-corrected chi connectivity index (χ4v) is 5.63. The molecule has 0 aromatic carbocycles. The lowest BCUT2D eigenvalue weighted by molar-refractivity contribution is -0.165. The summed E-state index contributed by atoms with van der Waals surface area (Å²) in [5.74, 6) is -2.67. The number of esters is 6. The summed E-state index contributed by atoms with van der Waals surface area (Å²) < 4.78 is 31.5. The van der Waals surface area contributed by atoms with Crippen LogP contribution in [0, 0.1) is 0 Å². The standard InChI is InChI=1S/C39H62O6.C18H26O6/c1-4-7-10-13-16-19-22-25-28-31-37(40)43-34-36(45-39(42)33-30-27-24-21-18-15-12-9-6-3)35-44-38(41)32-29-26-23-20-17-14-11-8-5-2;1-4-7-10-16(19)22-13-15(24-18(21)12-9-6-3)14-23-17(20)11-8-5-2/h7,10,16,18-19,21,25-30,36H,4-6,8-9,11-15,17,20,22-24,31-35H2,1-3H3;4-9,15H,10-14H2,1-3H3/b10-7-,19-16-,21-18-,28-25-,29-26-,30-27-;. The summed E-state index contributed by atoms with van der Waals surface area (Å²) in [4.78, 5) is 71.7. The van der Waals surface area contributed by atoms with Crippen LogP contribution in [0.25, 0.3) is 0 Å². The lowest BCUT2D eigenvalue weighted by Gasteiger charge is -2.17. The summed E-state index contributed by atoms with van der Waals surface area (Å²) in [7, 11) is 0. The zero-order chi connectivity index (χ0) is 51.3. The number of carbonyl (C=O) groups excluding carboxylic acids is 6. The molecule has 0 saturated heterocycles. The van der Waals surface area contributed by atoms with Gasteiger partial charge in [0.15, 0.2) is 12.2 Å². The van der Waals surface area contributed by atoms with Crippen LogP contribution in [-0.2, 0) is 57.2 Å². The van der Waals surface area contributed by atoms with Gasteiger partial charge in [-0.05, 0) is 72.1 Å². The Bertz CT molecular complexity index is 1580. The molecule has 0 fully saturated rings. The molecule has 0 radical (unpaired) electrons. The third-order valence-corrected chi connectivity index (χ3v) is 9.48. The minimum absolute atomic E-state index is 0.0910. The average Bonchev–Trinajstić information content (AvgIpc) is 3.34. The molecule has 0 amide bonds. The number of hydrogen-bond acceptors (Lipinski definition) is 12. The first-order chi connectivity index (χ1) is 33.6. The van der Waals surface area contributed by atoms with Crippen molar-refractivity contribution in [3.8, 4) is 0 Å². The topological polar surface area (TPSA) is 158 Å². The van der Waals surface area contributed by atoms with E-state index in [-0.39, 0.29) is 65.0 Å². The van der Waals surface area contributed by atoms with Crippen molar-refractivity contribution in [3.05, 3.63) is 109 Å². The monoisotopic (exact) mass is 965 g/mol. The van der Waals surface area contributed by atoms with Gasteiger partial charge in [-0.25, -0.2) is 0 Å². The van der Waals surface area contributed by atoms with Crippen molar-refractivity contribution in [1.29, 1.82) is 0 Å². The molecule has 0 aromatic rings. The summed E-state index contributed by atoms with van der Waals surface area (Å²) in [6, 6.07) is 0. The van der Waals surface area contributed by atoms with Crippen LogP contribution in [0.3, 0.4) is 0 Å². The molecule has 0 rings (SSSR count). The Labute approximate surface area is 416 Å². The van der Waals surface area contributed by atoms with E-state index in [2.05, 4.69) is 51.2 Å². The predicted octanol–water partition coefficient (Wildman–Crippen LogP) is 13.3. The van der Waals surface area contributed by atoms with Crippen LogP contribution in [0.4, 0.5) is 0 Å². The minimum atomic E-state index is -0.868. The van der Waals surface area contributed by atoms with E-state index in [1.54, 1.807) is 69.4 Å². The molecular formula is C57H88O12. The van der Waals surface area contributed by atoms with Gasteiger partial charge in [-0.15, -0.1) is 0 Å². The molecule has 1 unspecified atom stereocenters. The van der Waals surface area contributed by atoms with Crippen LogP contribution in [0.1, 0.15) is 176 Å².